The lowest BCUT2D eigenvalue weighted by atomic mass is 9.94. The lowest BCUT2D eigenvalue weighted by molar-refractivity contribution is -0.138. The molecule has 7 heteroatoms. The van der Waals surface area contributed by atoms with Crippen LogP contribution in [0.4, 0.5) is 0 Å². The van der Waals surface area contributed by atoms with E-state index in [1.165, 1.54) is 11.0 Å². The Hall–Kier alpha value is -2.31. The van der Waals surface area contributed by atoms with Crippen molar-refractivity contribution in [1.29, 1.82) is 0 Å². The van der Waals surface area contributed by atoms with Crippen molar-refractivity contribution >= 4 is 11.9 Å². The number of carboxylic acid groups (broad SMARTS) is 1. The average molecular weight is 280 g/mol. The third-order valence-electron chi connectivity index (χ3n) is 3.35. The SMILES string of the molecule is O=C(O)CC1CCCN(C(=O)c2cc(O)[nH]c(=O)c2)C1. The number of aromatic nitrogens is 1. The number of nitrogens with zero attached hydrogens (tertiary/aromatic N) is 1. The second-order valence-corrected chi connectivity index (χ2v) is 4.98. The lowest BCUT2D eigenvalue weighted by Gasteiger charge is -2.32. The van der Waals surface area contributed by atoms with Crippen molar-refractivity contribution in [3.8, 4) is 5.88 Å². The van der Waals surface area contributed by atoms with Crippen molar-refractivity contribution in [2.75, 3.05) is 13.1 Å². The third-order valence-corrected chi connectivity index (χ3v) is 3.35. The Morgan fingerprint density at radius 1 is 1.40 bits per heavy atom. The van der Waals surface area contributed by atoms with E-state index in [1.807, 2.05) is 0 Å². The molecular formula is C13H16N2O5. The molecule has 0 aromatic carbocycles. The van der Waals surface area contributed by atoms with Gasteiger partial charge in [-0.25, -0.2) is 0 Å². The summed E-state index contributed by atoms with van der Waals surface area (Å²) in [5, 5.41) is 18.1. The Labute approximate surface area is 114 Å². The number of H-pyrrole nitrogens is 1. The fourth-order valence-corrected chi connectivity index (χ4v) is 2.50. The van der Waals surface area contributed by atoms with E-state index in [0.717, 1.165) is 18.9 Å². The van der Waals surface area contributed by atoms with Gasteiger partial charge in [0.15, 0.2) is 5.88 Å². The molecule has 1 atom stereocenters. The molecule has 0 spiro atoms. The Morgan fingerprint density at radius 2 is 2.15 bits per heavy atom. The van der Waals surface area contributed by atoms with Gasteiger partial charge in [-0.15, -0.1) is 0 Å². The maximum atomic E-state index is 12.3. The predicted octanol–water partition coefficient (Wildman–Crippen LogP) is 0.407. The first kappa shape index (κ1) is 14.1. The number of aromatic amines is 1. The van der Waals surface area contributed by atoms with Gasteiger partial charge in [-0.1, -0.05) is 0 Å². The van der Waals surface area contributed by atoms with Gasteiger partial charge in [0.1, 0.15) is 0 Å². The molecule has 0 saturated carbocycles. The maximum absolute atomic E-state index is 12.3. The van der Waals surface area contributed by atoms with Crippen LogP contribution in [0.3, 0.4) is 0 Å². The van der Waals surface area contributed by atoms with E-state index < -0.39 is 11.5 Å². The summed E-state index contributed by atoms with van der Waals surface area (Å²) in [5.74, 6) is -1.67. The second-order valence-electron chi connectivity index (χ2n) is 4.98. The van der Waals surface area contributed by atoms with Crippen molar-refractivity contribution in [3.05, 3.63) is 28.0 Å². The van der Waals surface area contributed by atoms with Crippen LogP contribution in [0.25, 0.3) is 0 Å². The predicted molar refractivity (Wildman–Crippen MR) is 69.6 cm³/mol. The van der Waals surface area contributed by atoms with Crippen LogP contribution in [0, 0.1) is 5.92 Å². The van der Waals surface area contributed by atoms with Crippen molar-refractivity contribution < 1.29 is 19.8 Å². The molecule has 1 aromatic rings. The molecule has 3 N–H and O–H groups in total. The van der Waals surface area contributed by atoms with Crippen LogP contribution < -0.4 is 5.56 Å². The zero-order chi connectivity index (χ0) is 14.7. The molecular weight excluding hydrogens is 264 g/mol. The van der Waals surface area contributed by atoms with Crippen LogP contribution in [0.15, 0.2) is 16.9 Å². The first-order valence-electron chi connectivity index (χ1n) is 6.40. The Morgan fingerprint density at radius 3 is 2.80 bits per heavy atom. The summed E-state index contributed by atoms with van der Waals surface area (Å²) >= 11 is 0. The number of aromatic hydroxyl groups is 1. The smallest absolute Gasteiger partial charge is 0.303 e. The van der Waals surface area contributed by atoms with Crippen LogP contribution in [-0.2, 0) is 4.79 Å². The molecule has 1 fully saturated rings. The van der Waals surface area contributed by atoms with Gasteiger partial charge in [0, 0.05) is 31.6 Å². The van der Waals surface area contributed by atoms with Crippen molar-refractivity contribution in [3.63, 3.8) is 0 Å². The van der Waals surface area contributed by atoms with E-state index in [9.17, 15) is 19.5 Å². The van der Waals surface area contributed by atoms with Crippen LogP contribution in [0.2, 0.25) is 0 Å². The summed E-state index contributed by atoms with van der Waals surface area (Å²) in [6, 6.07) is 2.33. The largest absolute Gasteiger partial charge is 0.494 e. The summed E-state index contributed by atoms with van der Waals surface area (Å²) in [4.78, 5) is 37.9. The van der Waals surface area contributed by atoms with E-state index >= 15 is 0 Å². The maximum Gasteiger partial charge on any atom is 0.303 e. The highest BCUT2D eigenvalue weighted by molar-refractivity contribution is 5.94. The van der Waals surface area contributed by atoms with E-state index in [-0.39, 0.29) is 29.7 Å². The summed E-state index contributed by atoms with van der Waals surface area (Å²) in [6.45, 7) is 0.890. The fourth-order valence-electron chi connectivity index (χ4n) is 2.50. The zero-order valence-corrected chi connectivity index (χ0v) is 10.8. The normalized spacial score (nSPS) is 18.8. The van der Waals surface area contributed by atoms with Crippen LogP contribution in [-0.4, -0.2) is 45.1 Å². The standard InChI is InChI=1S/C13H16N2O5/c16-10-5-9(6-11(17)14-10)13(20)15-3-1-2-8(7-15)4-12(18)19/h5-6,8H,1-4,7H2,(H,18,19)(H2,14,16,17). The van der Waals surface area contributed by atoms with Crippen LogP contribution >= 0.6 is 0 Å². The van der Waals surface area contributed by atoms with Crippen LogP contribution in [0.5, 0.6) is 5.88 Å². The minimum atomic E-state index is -0.877. The highest BCUT2D eigenvalue weighted by atomic mass is 16.4. The first-order chi connectivity index (χ1) is 9.45. The highest BCUT2D eigenvalue weighted by Crippen LogP contribution is 2.21. The summed E-state index contributed by atoms with van der Waals surface area (Å²) < 4.78 is 0. The first-order valence-corrected chi connectivity index (χ1v) is 6.40. The van der Waals surface area contributed by atoms with Gasteiger partial charge in [-0.2, -0.15) is 0 Å². The number of likely N-dealkylation sites (tertiary alicyclic amines) is 1. The number of nitrogens with one attached hydrogen (secondary N) is 1. The number of carboxylic acids is 1. The second kappa shape index (κ2) is 5.77. The summed E-state index contributed by atoms with van der Waals surface area (Å²) in [7, 11) is 0. The molecule has 0 aliphatic carbocycles. The average Bonchev–Trinajstić information content (AvgIpc) is 2.36. The zero-order valence-electron chi connectivity index (χ0n) is 10.8. The molecule has 7 nitrogen and oxygen atoms in total. The van der Waals surface area contributed by atoms with Gasteiger partial charge in [0.2, 0.25) is 0 Å². The van der Waals surface area contributed by atoms with Crippen LogP contribution in [0.1, 0.15) is 29.6 Å². The minimum Gasteiger partial charge on any atom is -0.494 e. The summed E-state index contributed by atoms with van der Waals surface area (Å²) in [5.41, 5.74) is -0.435. The monoisotopic (exact) mass is 280 g/mol. The molecule has 1 aromatic heterocycles. The molecule has 0 radical (unpaired) electrons. The molecule has 2 rings (SSSR count). The van der Waals surface area contributed by atoms with E-state index in [4.69, 9.17) is 5.11 Å². The van der Waals surface area contributed by atoms with Crippen molar-refractivity contribution in [1.82, 2.24) is 9.88 Å². The number of pyridine rings is 1. The number of hydrogen-bond acceptors (Lipinski definition) is 4. The molecule has 1 unspecified atom stereocenters. The Balaban J connectivity index is 2.12. The number of piperidine rings is 1. The molecule has 0 bridgehead atoms. The number of carbonyl (C=O) groups is 2. The minimum absolute atomic E-state index is 0.0321. The van der Waals surface area contributed by atoms with E-state index in [0.29, 0.717) is 13.1 Å². The number of rotatable bonds is 3. The van der Waals surface area contributed by atoms with Crippen molar-refractivity contribution in [2.45, 2.75) is 19.3 Å². The number of amides is 1. The fraction of sp³-hybridized carbons (Fsp3) is 0.462. The number of carbonyl (C=O) groups excluding carboxylic acids is 1. The Kier molecular flexibility index (Phi) is 4.07. The molecule has 20 heavy (non-hydrogen) atoms. The third kappa shape index (κ3) is 3.37. The molecule has 1 saturated heterocycles. The molecule has 1 aliphatic rings. The molecule has 108 valence electrons. The van der Waals surface area contributed by atoms with Crippen molar-refractivity contribution in [2.24, 2.45) is 5.92 Å². The molecule has 1 aliphatic heterocycles. The van der Waals surface area contributed by atoms with E-state index in [1.54, 1.807) is 0 Å². The molecule has 2 heterocycles. The number of hydrogen-bond donors (Lipinski definition) is 3. The summed E-state index contributed by atoms with van der Waals surface area (Å²) in [6.07, 6.45) is 1.54. The molecule has 1 amide bonds. The van der Waals surface area contributed by atoms with Gasteiger partial charge in [-0.05, 0) is 18.8 Å². The quantitative estimate of drug-likeness (QED) is 0.742. The van der Waals surface area contributed by atoms with E-state index in [2.05, 4.69) is 4.98 Å². The highest BCUT2D eigenvalue weighted by Gasteiger charge is 2.26. The van der Waals surface area contributed by atoms with Gasteiger partial charge in [0.05, 0.1) is 5.56 Å². The Bertz CT molecular complexity index is 580. The lowest BCUT2D eigenvalue weighted by Crippen LogP contribution is -2.40. The number of aliphatic carboxylic acids is 1. The topological polar surface area (TPSA) is 111 Å². The van der Waals surface area contributed by atoms with Gasteiger partial charge >= 0.3 is 5.97 Å². The van der Waals surface area contributed by atoms with Gasteiger partial charge in [0.25, 0.3) is 11.5 Å². The van der Waals surface area contributed by atoms with Gasteiger partial charge < -0.3 is 15.1 Å². The van der Waals surface area contributed by atoms with Gasteiger partial charge in [-0.3, -0.25) is 19.4 Å².